The Hall–Kier alpha value is -3.20. The highest BCUT2D eigenvalue weighted by atomic mass is 35.5. The van der Waals surface area contributed by atoms with E-state index in [1.807, 2.05) is 12.1 Å². The van der Waals surface area contributed by atoms with E-state index in [0.717, 1.165) is 42.1 Å². The second-order valence-electron chi connectivity index (χ2n) is 8.38. The number of amides is 2. The summed E-state index contributed by atoms with van der Waals surface area (Å²) >= 11 is 5.99. The summed E-state index contributed by atoms with van der Waals surface area (Å²) in [5, 5.41) is 7.14. The van der Waals surface area contributed by atoms with Crippen LogP contribution in [0.1, 0.15) is 41.7 Å². The van der Waals surface area contributed by atoms with Crippen LogP contribution in [0.4, 0.5) is 19.0 Å². The first-order valence-corrected chi connectivity index (χ1v) is 11.3. The monoisotopic (exact) mass is 490 g/mol. The highest BCUT2D eigenvalue weighted by molar-refractivity contribution is 6.31. The van der Waals surface area contributed by atoms with E-state index in [0.29, 0.717) is 30.2 Å². The number of fused-ring (bicyclic) bond motifs is 1. The summed E-state index contributed by atoms with van der Waals surface area (Å²) in [6.07, 6.45) is -0.747. The molecule has 1 aliphatic rings. The Labute approximate surface area is 198 Å². The van der Waals surface area contributed by atoms with Gasteiger partial charge >= 0.3 is 6.18 Å². The van der Waals surface area contributed by atoms with E-state index in [1.165, 1.54) is 0 Å². The molecule has 0 spiro atoms. The van der Waals surface area contributed by atoms with Crippen LogP contribution in [0, 0.1) is 11.8 Å². The number of hydrogen-bond acceptors (Lipinski definition) is 4. The lowest BCUT2D eigenvalue weighted by Gasteiger charge is -2.27. The van der Waals surface area contributed by atoms with Crippen molar-refractivity contribution >= 4 is 40.1 Å². The molecule has 0 atom stereocenters. The number of carbonyl (C=O) groups excluding carboxylic acids is 2. The van der Waals surface area contributed by atoms with Gasteiger partial charge in [-0.15, -0.1) is 0 Å². The number of anilines is 1. The fourth-order valence-corrected chi connectivity index (χ4v) is 4.24. The van der Waals surface area contributed by atoms with E-state index in [2.05, 4.69) is 20.6 Å². The number of hydrogen-bond donors (Lipinski definition) is 2. The maximum atomic E-state index is 12.7. The molecule has 1 aliphatic carbocycles. The summed E-state index contributed by atoms with van der Waals surface area (Å²) in [7, 11) is 0. The van der Waals surface area contributed by atoms with Crippen LogP contribution >= 0.6 is 11.6 Å². The lowest BCUT2D eigenvalue weighted by Crippen LogP contribution is -2.33. The fraction of sp³-hybridized carbons (Fsp3) is 0.333. The van der Waals surface area contributed by atoms with E-state index in [1.54, 1.807) is 18.2 Å². The van der Waals surface area contributed by atoms with Gasteiger partial charge in [-0.3, -0.25) is 14.6 Å². The maximum absolute atomic E-state index is 12.7. The van der Waals surface area contributed by atoms with E-state index in [4.69, 9.17) is 11.6 Å². The van der Waals surface area contributed by atoms with Crippen molar-refractivity contribution in [1.82, 2.24) is 15.3 Å². The number of aromatic nitrogens is 2. The van der Waals surface area contributed by atoms with E-state index in [-0.39, 0.29) is 23.3 Å². The fourth-order valence-electron chi connectivity index (χ4n) is 4.06. The minimum absolute atomic E-state index is 0.0752. The first kappa shape index (κ1) is 23.9. The molecule has 1 saturated carbocycles. The van der Waals surface area contributed by atoms with Gasteiger partial charge in [-0.05, 0) is 74.1 Å². The van der Waals surface area contributed by atoms with Crippen LogP contribution in [0.3, 0.4) is 0 Å². The zero-order chi connectivity index (χ0) is 24.3. The van der Waals surface area contributed by atoms with Crippen LogP contribution in [0.15, 0.2) is 48.7 Å². The Kier molecular flexibility index (Phi) is 7.02. The highest BCUT2D eigenvalue weighted by Gasteiger charge is 2.32. The van der Waals surface area contributed by atoms with Crippen LogP contribution < -0.4 is 10.6 Å². The molecular weight excluding hydrogens is 469 g/mol. The molecule has 178 valence electrons. The van der Waals surface area contributed by atoms with E-state index >= 15 is 0 Å². The summed E-state index contributed by atoms with van der Waals surface area (Å²) in [5.41, 5.74) is -0.222. The minimum atomic E-state index is -4.54. The Bertz CT molecular complexity index is 1190. The average Bonchev–Trinajstić information content (AvgIpc) is 2.82. The van der Waals surface area contributed by atoms with Gasteiger partial charge in [0.25, 0.3) is 5.91 Å². The van der Waals surface area contributed by atoms with Crippen LogP contribution in [-0.2, 0) is 11.0 Å². The summed E-state index contributed by atoms with van der Waals surface area (Å²) in [5.74, 6) is -0.0176. The SMILES string of the molecule is O=C(NC[C@H]1CC[C@H](C(=O)Nc2ccc3cc(Cl)ccc3n2)CC1)c1ccc(C(F)(F)F)nc1. The van der Waals surface area contributed by atoms with Gasteiger partial charge in [-0.2, -0.15) is 13.2 Å². The number of rotatable bonds is 5. The quantitative estimate of drug-likeness (QED) is 0.496. The third kappa shape index (κ3) is 5.83. The molecule has 1 fully saturated rings. The van der Waals surface area contributed by atoms with Crippen molar-refractivity contribution in [3.05, 3.63) is 64.9 Å². The van der Waals surface area contributed by atoms with Crippen LogP contribution in [0.25, 0.3) is 10.9 Å². The van der Waals surface area contributed by atoms with Crippen LogP contribution in [-0.4, -0.2) is 28.3 Å². The Morgan fingerprint density at radius 3 is 2.47 bits per heavy atom. The number of nitrogens with one attached hydrogen (secondary N) is 2. The van der Waals surface area contributed by atoms with Gasteiger partial charge in [0.15, 0.2) is 0 Å². The van der Waals surface area contributed by atoms with Gasteiger partial charge in [-0.1, -0.05) is 11.6 Å². The smallest absolute Gasteiger partial charge is 0.352 e. The van der Waals surface area contributed by atoms with Gasteiger partial charge in [-0.25, -0.2) is 4.98 Å². The lowest BCUT2D eigenvalue weighted by atomic mass is 9.81. The number of nitrogens with zero attached hydrogens (tertiary/aromatic N) is 2. The first-order chi connectivity index (χ1) is 16.2. The Morgan fingerprint density at radius 1 is 1.03 bits per heavy atom. The molecule has 2 amide bonds. The summed E-state index contributed by atoms with van der Waals surface area (Å²) in [6.45, 7) is 0.392. The molecule has 2 heterocycles. The molecule has 2 aromatic heterocycles. The van der Waals surface area contributed by atoms with Crippen LogP contribution in [0.5, 0.6) is 0 Å². The number of carbonyl (C=O) groups is 2. The Morgan fingerprint density at radius 2 is 1.79 bits per heavy atom. The van der Waals surface area contributed by atoms with E-state index < -0.39 is 17.8 Å². The topological polar surface area (TPSA) is 84.0 Å². The largest absolute Gasteiger partial charge is 0.433 e. The molecule has 3 aromatic rings. The second-order valence-corrected chi connectivity index (χ2v) is 8.82. The molecule has 34 heavy (non-hydrogen) atoms. The zero-order valence-electron chi connectivity index (χ0n) is 18.0. The molecule has 6 nitrogen and oxygen atoms in total. The van der Waals surface area contributed by atoms with Crippen molar-refractivity contribution in [2.24, 2.45) is 11.8 Å². The average molecular weight is 491 g/mol. The Balaban J connectivity index is 1.24. The highest BCUT2D eigenvalue weighted by Crippen LogP contribution is 2.30. The molecule has 0 radical (unpaired) electrons. The number of pyridine rings is 2. The summed E-state index contributed by atoms with van der Waals surface area (Å²) < 4.78 is 37.8. The molecular formula is C24H22ClF3N4O2. The number of halogens is 4. The van der Waals surface area contributed by atoms with Crippen molar-refractivity contribution < 1.29 is 22.8 Å². The van der Waals surface area contributed by atoms with Crippen molar-refractivity contribution in [3.8, 4) is 0 Å². The standard InChI is InChI=1S/C24H22ClF3N4O2/c25-18-7-8-19-16(11-18)6-10-21(31-19)32-23(34)15-3-1-14(2-4-15)12-30-22(33)17-5-9-20(29-13-17)24(26,27)28/h5-11,13-15H,1-4,12H2,(H,30,33)(H,31,32,34)/t14-,15-. The molecule has 10 heteroatoms. The van der Waals surface area contributed by atoms with Crippen molar-refractivity contribution in [2.45, 2.75) is 31.9 Å². The molecule has 1 aromatic carbocycles. The lowest BCUT2D eigenvalue weighted by molar-refractivity contribution is -0.141. The maximum Gasteiger partial charge on any atom is 0.433 e. The second kappa shape index (κ2) is 9.97. The first-order valence-electron chi connectivity index (χ1n) is 10.9. The van der Waals surface area contributed by atoms with Crippen LogP contribution in [0.2, 0.25) is 5.02 Å². The number of alkyl halides is 3. The molecule has 0 saturated heterocycles. The molecule has 0 unspecified atom stereocenters. The predicted molar refractivity (Wildman–Crippen MR) is 122 cm³/mol. The third-order valence-corrected chi connectivity index (χ3v) is 6.22. The normalized spacial score (nSPS) is 18.5. The van der Waals surface area contributed by atoms with Gasteiger partial charge in [0, 0.05) is 29.1 Å². The van der Waals surface area contributed by atoms with Gasteiger partial charge in [0.1, 0.15) is 11.5 Å². The molecule has 0 bridgehead atoms. The van der Waals surface area contributed by atoms with Crippen molar-refractivity contribution in [2.75, 3.05) is 11.9 Å². The van der Waals surface area contributed by atoms with E-state index in [9.17, 15) is 22.8 Å². The number of benzene rings is 1. The summed E-state index contributed by atoms with van der Waals surface area (Å²) in [6, 6.07) is 10.9. The zero-order valence-corrected chi connectivity index (χ0v) is 18.8. The van der Waals surface area contributed by atoms with Gasteiger partial charge < -0.3 is 10.6 Å². The summed E-state index contributed by atoms with van der Waals surface area (Å²) in [4.78, 5) is 32.7. The molecule has 2 N–H and O–H groups in total. The van der Waals surface area contributed by atoms with Gasteiger partial charge in [0.05, 0.1) is 11.1 Å². The molecule has 4 rings (SSSR count). The van der Waals surface area contributed by atoms with Gasteiger partial charge in [0.2, 0.25) is 5.91 Å². The predicted octanol–water partition coefficient (Wildman–Crippen LogP) is 5.48. The minimum Gasteiger partial charge on any atom is -0.352 e. The third-order valence-electron chi connectivity index (χ3n) is 5.99. The molecule has 0 aliphatic heterocycles. The van der Waals surface area contributed by atoms with Crippen molar-refractivity contribution in [1.29, 1.82) is 0 Å². The van der Waals surface area contributed by atoms with Crippen molar-refractivity contribution in [3.63, 3.8) is 0 Å².